The predicted molar refractivity (Wildman–Crippen MR) is 59.5 cm³/mol. The van der Waals surface area contributed by atoms with Gasteiger partial charge in [0.2, 0.25) is 0 Å². The van der Waals surface area contributed by atoms with Gasteiger partial charge in [-0.15, -0.1) is 0 Å². The Morgan fingerprint density at radius 2 is 1.57 bits per heavy atom. The minimum atomic E-state index is -1.79. The average molecular weight is 214 g/mol. The van der Waals surface area contributed by atoms with Gasteiger partial charge < -0.3 is 8.85 Å². The van der Waals surface area contributed by atoms with Gasteiger partial charge in [0.15, 0.2) is 0 Å². The van der Waals surface area contributed by atoms with Gasteiger partial charge in [-0.25, -0.2) is 0 Å². The third-order valence-corrected chi connectivity index (χ3v) is 8.57. The van der Waals surface area contributed by atoms with Crippen molar-refractivity contribution in [3.63, 3.8) is 0 Å². The van der Waals surface area contributed by atoms with Crippen molar-refractivity contribution in [2.24, 2.45) is 5.92 Å². The molecule has 2 aliphatic carbocycles. The predicted octanol–water partition coefficient (Wildman–Crippen LogP) is 3.08. The highest BCUT2D eigenvalue weighted by atomic mass is 28.4. The number of rotatable bonds is 5. The molecule has 0 aromatic rings. The van der Waals surface area contributed by atoms with E-state index >= 15 is 0 Å². The van der Waals surface area contributed by atoms with E-state index in [1.54, 1.807) is 0 Å². The van der Waals surface area contributed by atoms with Gasteiger partial charge in [0.05, 0.1) is 0 Å². The average Bonchev–Trinajstić information content (AvgIpc) is 2.06. The summed E-state index contributed by atoms with van der Waals surface area (Å²) in [5.74, 6) is 0.919. The van der Waals surface area contributed by atoms with Gasteiger partial charge in [-0.3, -0.25) is 0 Å². The Balaban J connectivity index is 1.95. The van der Waals surface area contributed by atoms with Crippen LogP contribution >= 0.6 is 0 Å². The summed E-state index contributed by atoms with van der Waals surface area (Å²) in [5, 5.41) is 0. The molecule has 0 saturated heterocycles. The van der Waals surface area contributed by atoms with Crippen LogP contribution in [-0.2, 0) is 8.85 Å². The molecule has 2 rings (SSSR count). The topological polar surface area (TPSA) is 18.5 Å². The fourth-order valence-electron chi connectivity index (χ4n) is 2.70. The van der Waals surface area contributed by atoms with E-state index < -0.39 is 8.56 Å². The van der Waals surface area contributed by atoms with Crippen molar-refractivity contribution in [3.05, 3.63) is 0 Å². The molecule has 0 bridgehead atoms. The van der Waals surface area contributed by atoms with Crippen molar-refractivity contribution in [2.75, 3.05) is 14.2 Å². The Kier molecular flexibility index (Phi) is 3.29. The summed E-state index contributed by atoms with van der Waals surface area (Å²) in [4.78, 5) is 0. The van der Waals surface area contributed by atoms with Gasteiger partial charge in [-0.1, -0.05) is 25.7 Å². The first kappa shape index (κ1) is 10.6. The van der Waals surface area contributed by atoms with Gasteiger partial charge in [0.25, 0.3) is 0 Å². The van der Waals surface area contributed by atoms with Crippen LogP contribution < -0.4 is 0 Å². The summed E-state index contributed by atoms with van der Waals surface area (Å²) in [5.41, 5.74) is 0.790. The molecule has 0 atom stereocenters. The fraction of sp³-hybridized carbons (Fsp3) is 1.00. The molecule has 0 N–H and O–H groups in total. The van der Waals surface area contributed by atoms with E-state index in [1.165, 1.54) is 44.6 Å². The molecule has 2 aliphatic rings. The molecule has 2 saturated carbocycles. The second-order valence-corrected chi connectivity index (χ2v) is 8.51. The van der Waals surface area contributed by atoms with Crippen LogP contribution in [0.5, 0.6) is 0 Å². The zero-order valence-corrected chi connectivity index (χ0v) is 10.4. The summed E-state index contributed by atoms with van der Waals surface area (Å²) >= 11 is 0. The first-order chi connectivity index (χ1) is 6.80. The Labute approximate surface area is 88.2 Å². The standard InChI is InChI=1S/C11H22O2Si/c1-12-14(13-2,11-7-4-8-11)9-10-5-3-6-10/h10-11H,3-9H2,1-2H3. The van der Waals surface area contributed by atoms with E-state index in [0.29, 0.717) is 0 Å². The molecule has 0 unspecified atom stereocenters. The molecule has 2 nitrogen and oxygen atoms in total. The SMILES string of the molecule is CO[Si](CC1CCC1)(OC)C1CCC1. The van der Waals surface area contributed by atoms with Gasteiger partial charge >= 0.3 is 8.56 Å². The third-order valence-electron chi connectivity index (χ3n) is 4.22. The summed E-state index contributed by atoms with van der Waals surface area (Å²) in [6.45, 7) is 0. The zero-order valence-electron chi connectivity index (χ0n) is 9.42. The Hall–Kier alpha value is 0.137. The number of hydrogen-bond donors (Lipinski definition) is 0. The minimum absolute atomic E-state index is 0.790. The first-order valence-corrected chi connectivity index (χ1v) is 8.01. The summed E-state index contributed by atoms with van der Waals surface area (Å²) in [6, 6.07) is 1.25. The van der Waals surface area contributed by atoms with E-state index in [0.717, 1.165) is 11.5 Å². The summed E-state index contributed by atoms with van der Waals surface area (Å²) in [7, 11) is 1.94. The van der Waals surface area contributed by atoms with Crippen molar-refractivity contribution >= 4 is 8.56 Å². The molecule has 82 valence electrons. The smallest absolute Gasteiger partial charge is 0.341 e. The van der Waals surface area contributed by atoms with E-state index in [9.17, 15) is 0 Å². The molecule has 0 amide bonds. The molecule has 0 heterocycles. The monoisotopic (exact) mass is 214 g/mol. The lowest BCUT2D eigenvalue weighted by Crippen LogP contribution is -2.49. The highest BCUT2D eigenvalue weighted by molar-refractivity contribution is 6.69. The van der Waals surface area contributed by atoms with E-state index in [-0.39, 0.29) is 0 Å². The van der Waals surface area contributed by atoms with E-state index in [1.807, 2.05) is 14.2 Å². The second-order valence-electron chi connectivity index (χ2n) is 4.85. The Morgan fingerprint density at radius 3 is 1.86 bits per heavy atom. The van der Waals surface area contributed by atoms with Crippen LogP contribution in [0, 0.1) is 5.92 Å². The van der Waals surface area contributed by atoms with Crippen molar-refractivity contribution in [3.8, 4) is 0 Å². The molecule has 14 heavy (non-hydrogen) atoms. The van der Waals surface area contributed by atoms with Crippen molar-refractivity contribution < 1.29 is 8.85 Å². The lowest BCUT2D eigenvalue weighted by Gasteiger charge is -2.43. The lowest BCUT2D eigenvalue weighted by molar-refractivity contribution is 0.189. The molecular formula is C11H22O2Si. The van der Waals surface area contributed by atoms with Crippen LogP contribution in [0.25, 0.3) is 0 Å². The maximum absolute atomic E-state index is 5.81. The highest BCUT2D eigenvalue weighted by Crippen LogP contribution is 2.47. The summed E-state index contributed by atoms with van der Waals surface area (Å²) in [6.07, 6.45) is 8.33. The van der Waals surface area contributed by atoms with E-state index in [2.05, 4.69) is 0 Å². The maximum atomic E-state index is 5.81. The van der Waals surface area contributed by atoms with Gasteiger partial charge in [0, 0.05) is 19.8 Å². The van der Waals surface area contributed by atoms with Gasteiger partial charge in [-0.2, -0.15) is 0 Å². The molecule has 0 aromatic carbocycles. The third kappa shape index (κ3) is 1.77. The van der Waals surface area contributed by atoms with Crippen molar-refractivity contribution in [2.45, 2.75) is 50.1 Å². The first-order valence-electron chi connectivity index (χ1n) is 5.91. The van der Waals surface area contributed by atoms with Crippen molar-refractivity contribution in [1.82, 2.24) is 0 Å². The molecule has 0 aromatic heterocycles. The number of hydrogen-bond acceptors (Lipinski definition) is 2. The Bertz CT molecular complexity index is 184. The van der Waals surface area contributed by atoms with Crippen molar-refractivity contribution in [1.29, 1.82) is 0 Å². The highest BCUT2D eigenvalue weighted by Gasteiger charge is 2.49. The normalized spacial score (nSPS) is 24.4. The van der Waals surface area contributed by atoms with Gasteiger partial charge in [-0.05, 0) is 24.8 Å². The maximum Gasteiger partial charge on any atom is 0.341 e. The molecular weight excluding hydrogens is 192 g/mol. The van der Waals surface area contributed by atoms with Crippen LogP contribution in [-0.4, -0.2) is 22.8 Å². The van der Waals surface area contributed by atoms with Crippen LogP contribution in [0.2, 0.25) is 11.6 Å². The molecule has 0 aliphatic heterocycles. The summed E-state index contributed by atoms with van der Waals surface area (Å²) < 4.78 is 11.6. The largest absolute Gasteiger partial charge is 0.397 e. The van der Waals surface area contributed by atoms with Gasteiger partial charge in [0.1, 0.15) is 0 Å². The Morgan fingerprint density at radius 1 is 1.00 bits per heavy atom. The quantitative estimate of drug-likeness (QED) is 0.655. The fourth-order valence-corrected chi connectivity index (χ4v) is 6.70. The lowest BCUT2D eigenvalue weighted by atomic mass is 9.87. The van der Waals surface area contributed by atoms with E-state index in [4.69, 9.17) is 8.85 Å². The van der Waals surface area contributed by atoms with Crippen LogP contribution in [0.1, 0.15) is 38.5 Å². The minimum Gasteiger partial charge on any atom is -0.397 e. The molecule has 2 fully saturated rings. The van der Waals surface area contributed by atoms with Crippen LogP contribution in [0.3, 0.4) is 0 Å². The molecule has 0 radical (unpaired) electrons. The van der Waals surface area contributed by atoms with Crippen LogP contribution in [0.4, 0.5) is 0 Å². The molecule has 3 heteroatoms. The zero-order chi connectivity index (χ0) is 10.0. The second kappa shape index (κ2) is 4.33. The molecule has 0 spiro atoms. The van der Waals surface area contributed by atoms with Crippen LogP contribution in [0.15, 0.2) is 0 Å².